The van der Waals surface area contributed by atoms with Gasteiger partial charge >= 0.3 is 11.9 Å². The molecule has 0 aromatic heterocycles. The fourth-order valence-electron chi connectivity index (χ4n) is 3.23. The molecular formula is C34H30O6Y-2. The van der Waals surface area contributed by atoms with Crippen LogP contribution in [0.4, 0.5) is 0 Å². The zero-order valence-electron chi connectivity index (χ0n) is 23.5. The van der Waals surface area contributed by atoms with E-state index in [9.17, 15) is 9.59 Å². The number of carbonyl (C=O) groups excluding carboxylic acids is 2. The summed E-state index contributed by atoms with van der Waals surface area (Å²) in [5.74, 6) is 2.98. The topological polar surface area (TPSA) is 71.1 Å². The maximum absolute atomic E-state index is 11.6. The summed E-state index contributed by atoms with van der Waals surface area (Å²) in [6, 6.07) is 30.8. The van der Waals surface area contributed by atoms with Crippen molar-refractivity contribution in [2.75, 3.05) is 0 Å². The molecule has 0 atom stereocenters. The molecule has 7 heteroatoms. The van der Waals surface area contributed by atoms with Crippen molar-refractivity contribution in [2.45, 2.75) is 27.7 Å². The number of rotatable bonds is 8. The molecule has 0 spiro atoms. The molecule has 0 aliphatic heterocycles. The average molecular weight is 624 g/mol. The number of carbonyl (C=O) groups is 2. The van der Waals surface area contributed by atoms with Crippen molar-refractivity contribution in [1.82, 2.24) is 0 Å². The Balaban J connectivity index is 0.000000281. The van der Waals surface area contributed by atoms with E-state index >= 15 is 0 Å². The van der Waals surface area contributed by atoms with Crippen molar-refractivity contribution in [3.63, 3.8) is 0 Å². The van der Waals surface area contributed by atoms with E-state index < -0.39 is 11.9 Å². The van der Waals surface area contributed by atoms with Gasteiger partial charge in [-0.25, -0.2) is 9.59 Å². The summed E-state index contributed by atoms with van der Waals surface area (Å²) in [4.78, 5) is 23.0. The van der Waals surface area contributed by atoms with Crippen molar-refractivity contribution in [3.05, 3.63) is 132 Å². The van der Waals surface area contributed by atoms with Gasteiger partial charge in [0.1, 0.15) is 23.0 Å². The molecule has 207 valence electrons. The quantitative estimate of drug-likeness (QED) is 0.0855. The first kappa shape index (κ1) is 33.2. The van der Waals surface area contributed by atoms with Crippen LogP contribution >= 0.6 is 0 Å². The Kier molecular flexibility index (Phi) is 13.2. The first-order valence-corrected chi connectivity index (χ1v) is 12.4. The summed E-state index contributed by atoms with van der Waals surface area (Å²) in [5, 5.41) is 0. The molecule has 0 N–H and O–H groups in total. The minimum absolute atomic E-state index is 0. The number of hydrogen-bond acceptors (Lipinski definition) is 6. The van der Waals surface area contributed by atoms with Gasteiger partial charge in [0.05, 0.1) is 0 Å². The summed E-state index contributed by atoms with van der Waals surface area (Å²) < 4.78 is 21.8. The molecule has 41 heavy (non-hydrogen) atoms. The minimum Gasteiger partial charge on any atom is -0.483 e. The van der Waals surface area contributed by atoms with Crippen LogP contribution in [0.25, 0.3) is 0 Å². The fourth-order valence-corrected chi connectivity index (χ4v) is 3.23. The molecule has 0 bridgehead atoms. The molecule has 4 rings (SSSR count). The fraction of sp³-hybridized carbons (Fsp3) is 0.118. The molecule has 4 aromatic carbocycles. The van der Waals surface area contributed by atoms with Crippen LogP contribution in [-0.4, -0.2) is 11.9 Å². The molecule has 0 saturated carbocycles. The van der Waals surface area contributed by atoms with E-state index in [0.29, 0.717) is 34.1 Å². The number of benzene rings is 4. The van der Waals surface area contributed by atoms with Crippen LogP contribution in [0.1, 0.15) is 25.0 Å². The minimum atomic E-state index is -0.438. The van der Waals surface area contributed by atoms with Crippen molar-refractivity contribution < 1.29 is 61.2 Å². The largest absolute Gasteiger partial charge is 0.483 e. The molecule has 0 unspecified atom stereocenters. The number of esters is 2. The molecule has 0 fully saturated rings. The normalized spacial score (nSPS) is 9.66. The van der Waals surface area contributed by atoms with E-state index in [0.717, 1.165) is 22.6 Å². The second kappa shape index (κ2) is 16.3. The average Bonchev–Trinajstić information content (AvgIpc) is 2.93. The van der Waals surface area contributed by atoms with E-state index in [2.05, 4.69) is 25.3 Å². The SMILES string of the molecule is C=C(C)C(=O)Oc1c(C)cc(Oc2cc[c-]cc2)cc1C.C=C(C)C(=O)Oc1ccc(Oc2cc[c-]cc2)cc1.[Y]. The van der Waals surface area contributed by atoms with Crippen LogP contribution in [-0.2, 0) is 42.3 Å². The Morgan fingerprint density at radius 3 is 1.39 bits per heavy atom. The van der Waals surface area contributed by atoms with Gasteiger partial charge in [0.2, 0.25) is 0 Å². The third kappa shape index (κ3) is 10.8. The smallest absolute Gasteiger partial charge is 0.338 e. The van der Waals surface area contributed by atoms with E-state index in [1.165, 1.54) is 0 Å². The summed E-state index contributed by atoms with van der Waals surface area (Å²) in [7, 11) is 0. The Morgan fingerprint density at radius 1 is 0.585 bits per heavy atom. The van der Waals surface area contributed by atoms with Gasteiger partial charge in [0.25, 0.3) is 0 Å². The molecule has 0 aliphatic rings. The van der Waals surface area contributed by atoms with Crippen molar-refractivity contribution in [1.29, 1.82) is 0 Å². The number of hydrogen-bond donors (Lipinski definition) is 0. The second-order valence-electron chi connectivity index (χ2n) is 8.87. The van der Waals surface area contributed by atoms with Crippen LogP contribution < -0.4 is 18.9 Å². The molecular weight excluding hydrogens is 593 g/mol. The molecule has 0 saturated heterocycles. The van der Waals surface area contributed by atoms with Crippen LogP contribution in [0.15, 0.2) is 109 Å². The summed E-state index contributed by atoms with van der Waals surface area (Å²) in [5.41, 5.74) is 2.40. The standard InChI is InChI=1S/C18H17O3.C16H13O3.Y/c1-12(2)18(19)21-17-13(3)10-16(11-14(17)4)20-15-8-6-5-7-9-15;1-12(2)16(17)19-15-10-8-14(9-11-15)18-13-6-4-3-5-7-13;/h6-11H,1H2,2-4H3;4-11H,1H2,2H3;/q2*-1;. The van der Waals surface area contributed by atoms with Gasteiger partial charge in [0, 0.05) is 55.4 Å². The Hall–Kier alpha value is -4.00. The van der Waals surface area contributed by atoms with Crippen LogP contribution in [0.2, 0.25) is 0 Å². The van der Waals surface area contributed by atoms with Crippen molar-refractivity contribution in [2.24, 2.45) is 0 Å². The van der Waals surface area contributed by atoms with Crippen LogP contribution in [0.5, 0.6) is 34.5 Å². The zero-order valence-corrected chi connectivity index (χ0v) is 26.4. The van der Waals surface area contributed by atoms with Gasteiger partial charge in [-0.15, -0.1) is 24.3 Å². The van der Waals surface area contributed by atoms with Gasteiger partial charge in [-0.1, -0.05) is 13.2 Å². The van der Waals surface area contributed by atoms with E-state index in [-0.39, 0.29) is 32.7 Å². The molecule has 0 heterocycles. The van der Waals surface area contributed by atoms with Gasteiger partial charge in [-0.3, -0.25) is 0 Å². The van der Waals surface area contributed by atoms with E-state index in [4.69, 9.17) is 18.9 Å². The Labute approximate surface area is 266 Å². The third-order valence-electron chi connectivity index (χ3n) is 5.21. The van der Waals surface area contributed by atoms with Crippen molar-refractivity contribution in [3.8, 4) is 34.5 Å². The predicted molar refractivity (Wildman–Crippen MR) is 154 cm³/mol. The molecule has 6 nitrogen and oxygen atoms in total. The molecule has 1 radical (unpaired) electrons. The van der Waals surface area contributed by atoms with Gasteiger partial charge in [0.15, 0.2) is 0 Å². The molecule has 4 aromatic rings. The summed E-state index contributed by atoms with van der Waals surface area (Å²) >= 11 is 0. The molecule has 0 amide bonds. The Bertz CT molecular complexity index is 1460. The molecule has 0 aliphatic carbocycles. The maximum atomic E-state index is 11.6. The maximum Gasteiger partial charge on any atom is 0.338 e. The zero-order chi connectivity index (χ0) is 29.1. The van der Waals surface area contributed by atoms with Gasteiger partial charge in [-0.05, 0) is 75.2 Å². The van der Waals surface area contributed by atoms with Gasteiger partial charge in [-0.2, -0.15) is 36.4 Å². The van der Waals surface area contributed by atoms with Crippen LogP contribution in [0, 0.1) is 26.0 Å². The summed E-state index contributed by atoms with van der Waals surface area (Å²) in [6.07, 6.45) is 0. The van der Waals surface area contributed by atoms with Gasteiger partial charge < -0.3 is 18.9 Å². The predicted octanol–water partition coefficient (Wildman–Crippen LogP) is 8.14. The number of aryl methyl sites for hydroxylation is 2. The monoisotopic (exact) mass is 623 g/mol. The van der Waals surface area contributed by atoms with E-state index in [1.54, 1.807) is 62.4 Å². The summed E-state index contributed by atoms with van der Waals surface area (Å²) in [6.45, 7) is 14.1. The first-order valence-electron chi connectivity index (χ1n) is 12.4. The Morgan fingerprint density at radius 2 is 0.951 bits per heavy atom. The number of ether oxygens (including phenoxy) is 4. The van der Waals surface area contributed by atoms with Crippen LogP contribution in [0.3, 0.4) is 0 Å². The first-order chi connectivity index (χ1) is 19.1. The third-order valence-corrected chi connectivity index (χ3v) is 5.21. The van der Waals surface area contributed by atoms with E-state index in [1.807, 2.05) is 50.2 Å². The van der Waals surface area contributed by atoms with Crippen molar-refractivity contribution >= 4 is 11.9 Å². The second-order valence-corrected chi connectivity index (χ2v) is 8.87.